The van der Waals surface area contributed by atoms with Gasteiger partial charge >= 0.3 is 6.18 Å². The van der Waals surface area contributed by atoms with E-state index in [0.717, 1.165) is 6.07 Å². The highest BCUT2D eigenvalue weighted by Crippen LogP contribution is 2.36. The molecule has 4 N–H and O–H groups in total. The summed E-state index contributed by atoms with van der Waals surface area (Å²) in [4.78, 5) is 11.9. The van der Waals surface area contributed by atoms with Gasteiger partial charge in [-0.05, 0) is 32.9 Å². The maximum absolute atomic E-state index is 12.8. The molecule has 1 rings (SSSR count). The van der Waals surface area contributed by atoms with Crippen molar-refractivity contribution in [3.63, 3.8) is 0 Å². The third kappa shape index (κ3) is 3.85. The molecule has 106 valence electrons. The molecule has 0 spiro atoms. The third-order valence-electron chi connectivity index (χ3n) is 2.25. The Balaban J connectivity index is 3.26. The molecule has 0 radical (unpaired) electrons. The summed E-state index contributed by atoms with van der Waals surface area (Å²) in [5.41, 5.74) is -0.157. The summed E-state index contributed by atoms with van der Waals surface area (Å²) < 4.78 is 38.4. The van der Waals surface area contributed by atoms with Crippen LogP contribution in [0.5, 0.6) is 0 Å². The molecule has 19 heavy (non-hydrogen) atoms. The van der Waals surface area contributed by atoms with Crippen LogP contribution in [0.15, 0.2) is 18.2 Å². The highest BCUT2D eigenvalue weighted by Gasteiger charge is 2.35. The molecular formula is C12H16F3N3O. The normalized spacial score (nSPS) is 12.2. The van der Waals surface area contributed by atoms with Crippen molar-refractivity contribution in [2.45, 2.75) is 32.5 Å². The lowest BCUT2D eigenvalue weighted by Gasteiger charge is -2.22. The van der Waals surface area contributed by atoms with Gasteiger partial charge in [-0.1, -0.05) is 6.07 Å². The van der Waals surface area contributed by atoms with Gasteiger partial charge in [-0.25, -0.2) is 0 Å². The molecule has 1 amide bonds. The molecule has 0 aliphatic heterocycles. The van der Waals surface area contributed by atoms with E-state index < -0.39 is 28.9 Å². The molecule has 0 aliphatic carbocycles. The van der Waals surface area contributed by atoms with Crippen molar-refractivity contribution in [3.8, 4) is 0 Å². The number of rotatable bonds is 2. The molecular weight excluding hydrogens is 259 g/mol. The van der Waals surface area contributed by atoms with E-state index in [9.17, 15) is 18.0 Å². The number of nitrogens with one attached hydrogen (secondary N) is 2. The van der Waals surface area contributed by atoms with Crippen LogP contribution in [0.3, 0.4) is 0 Å². The summed E-state index contributed by atoms with van der Waals surface area (Å²) in [5.74, 6) is 4.50. The Hall–Kier alpha value is -1.76. The Morgan fingerprint density at radius 3 is 2.21 bits per heavy atom. The number of amides is 1. The predicted octanol–water partition coefficient (Wildman–Crippen LogP) is 2.52. The van der Waals surface area contributed by atoms with Crippen molar-refractivity contribution >= 4 is 11.6 Å². The summed E-state index contributed by atoms with van der Waals surface area (Å²) in [6.07, 6.45) is -4.58. The number of carbonyl (C=O) groups excluding carboxylic acids is 1. The van der Waals surface area contributed by atoms with Crippen molar-refractivity contribution in [2.75, 3.05) is 5.43 Å². The Bertz CT molecular complexity index is 478. The third-order valence-corrected chi connectivity index (χ3v) is 2.25. The van der Waals surface area contributed by atoms with Gasteiger partial charge < -0.3 is 10.7 Å². The lowest BCUT2D eigenvalue weighted by Crippen LogP contribution is -2.41. The zero-order chi connectivity index (χ0) is 14.8. The number of hydrogen-bond donors (Lipinski definition) is 3. The molecule has 0 aromatic heterocycles. The van der Waals surface area contributed by atoms with Gasteiger partial charge in [0.05, 0.1) is 16.8 Å². The Labute approximate surface area is 109 Å². The number of nitrogens with two attached hydrogens (primary N) is 1. The summed E-state index contributed by atoms with van der Waals surface area (Å²) in [7, 11) is 0. The molecule has 1 aromatic carbocycles. The van der Waals surface area contributed by atoms with E-state index in [2.05, 4.69) is 5.32 Å². The van der Waals surface area contributed by atoms with E-state index >= 15 is 0 Å². The lowest BCUT2D eigenvalue weighted by atomic mass is 10.0. The summed E-state index contributed by atoms with van der Waals surface area (Å²) in [5, 5.41) is 2.59. The number of anilines is 1. The molecule has 0 bridgehead atoms. The number of hydrazine groups is 1. The SMILES string of the molecule is CC(C)(C)NC(=O)c1cccc(C(F)(F)F)c1NN. The van der Waals surface area contributed by atoms with Crippen molar-refractivity contribution in [1.29, 1.82) is 0 Å². The zero-order valence-electron chi connectivity index (χ0n) is 10.9. The minimum atomic E-state index is -4.58. The first-order valence-electron chi connectivity index (χ1n) is 5.55. The van der Waals surface area contributed by atoms with E-state index in [1.54, 1.807) is 20.8 Å². The summed E-state index contributed by atoms with van der Waals surface area (Å²) >= 11 is 0. The monoisotopic (exact) mass is 275 g/mol. The van der Waals surface area contributed by atoms with Crippen LogP contribution in [0.4, 0.5) is 18.9 Å². The first kappa shape index (κ1) is 15.3. The largest absolute Gasteiger partial charge is 0.418 e. The number of halogens is 3. The molecule has 0 unspecified atom stereocenters. The first-order chi connectivity index (χ1) is 8.56. The van der Waals surface area contributed by atoms with Crippen molar-refractivity contribution < 1.29 is 18.0 Å². The van der Waals surface area contributed by atoms with Crippen molar-refractivity contribution in [1.82, 2.24) is 5.32 Å². The van der Waals surface area contributed by atoms with Gasteiger partial charge in [0, 0.05) is 5.54 Å². The molecule has 0 saturated carbocycles. The Morgan fingerprint density at radius 2 is 1.79 bits per heavy atom. The molecule has 0 saturated heterocycles. The maximum Gasteiger partial charge on any atom is 0.418 e. The fraction of sp³-hybridized carbons (Fsp3) is 0.417. The van der Waals surface area contributed by atoms with Gasteiger partial charge in [-0.3, -0.25) is 10.6 Å². The second-order valence-corrected chi connectivity index (χ2v) is 5.07. The van der Waals surface area contributed by atoms with Gasteiger partial charge in [0.25, 0.3) is 5.91 Å². The van der Waals surface area contributed by atoms with Gasteiger partial charge in [0.2, 0.25) is 0 Å². The Morgan fingerprint density at radius 1 is 1.21 bits per heavy atom. The summed E-state index contributed by atoms with van der Waals surface area (Å²) in [6.45, 7) is 5.19. The number of carbonyl (C=O) groups is 1. The van der Waals surface area contributed by atoms with Crippen molar-refractivity contribution in [2.24, 2.45) is 5.84 Å². The standard InChI is InChI=1S/C12H16F3N3O/c1-11(2,3)17-10(19)7-5-4-6-8(9(7)18-16)12(13,14)15/h4-6,18H,16H2,1-3H3,(H,17,19). The number of hydrogen-bond acceptors (Lipinski definition) is 3. The highest BCUT2D eigenvalue weighted by atomic mass is 19.4. The zero-order valence-corrected chi connectivity index (χ0v) is 10.9. The van der Waals surface area contributed by atoms with E-state index in [-0.39, 0.29) is 5.56 Å². The van der Waals surface area contributed by atoms with Gasteiger partial charge in [0.1, 0.15) is 0 Å². The number of nitrogen functional groups attached to an aromatic ring is 1. The molecule has 0 heterocycles. The van der Waals surface area contributed by atoms with Crippen LogP contribution in [-0.2, 0) is 6.18 Å². The number of benzene rings is 1. The van der Waals surface area contributed by atoms with Crippen LogP contribution in [0.25, 0.3) is 0 Å². The molecule has 4 nitrogen and oxygen atoms in total. The number of para-hydroxylation sites is 1. The molecule has 0 fully saturated rings. The van der Waals surface area contributed by atoms with Gasteiger partial charge in [0.15, 0.2) is 0 Å². The van der Waals surface area contributed by atoms with Crippen LogP contribution in [0.2, 0.25) is 0 Å². The van der Waals surface area contributed by atoms with Gasteiger partial charge in [-0.15, -0.1) is 0 Å². The first-order valence-corrected chi connectivity index (χ1v) is 5.55. The van der Waals surface area contributed by atoms with Crippen LogP contribution in [0.1, 0.15) is 36.7 Å². The van der Waals surface area contributed by atoms with Gasteiger partial charge in [-0.2, -0.15) is 13.2 Å². The minimum Gasteiger partial charge on any atom is -0.347 e. The maximum atomic E-state index is 12.8. The van der Waals surface area contributed by atoms with E-state index in [0.29, 0.717) is 0 Å². The smallest absolute Gasteiger partial charge is 0.347 e. The molecule has 0 aliphatic rings. The van der Waals surface area contributed by atoms with Crippen molar-refractivity contribution in [3.05, 3.63) is 29.3 Å². The minimum absolute atomic E-state index is 0.146. The quantitative estimate of drug-likeness (QED) is 0.574. The molecule has 1 aromatic rings. The van der Waals surface area contributed by atoms with E-state index in [1.165, 1.54) is 12.1 Å². The topological polar surface area (TPSA) is 67.2 Å². The average Bonchev–Trinajstić information content (AvgIpc) is 2.24. The van der Waals surface area contributed by atoms with E-state index in [4.69, 9.17) is 5.84 Å². The molecule has 7 heteroatoms. The lowest BCUT2D eigenvalue weighted by molar-refractivity contribution is -0.137. The second-order valence-electron chi connectivity index (χ2n) is 5.07. The molecule has 0 atom stereocenters. The fourth-order valence-electron chi connectivity index (χ4n) is 1.54. The predicted molar refractivity (Wildman–Crippen MR) is 66.5 cm³/mol. The van der Waals surface area contributed by atoms with Crippen LogP contribution in [-0.4, -0.2) is 11.4 Å². The average molecular weight is 275 g/mol. The fourth-order valence-corrected chi connectivity index (χ4v) is 1.54. The van der Waals surface area contributed by atoms with Crippen LogP contribution >= 0.6 is 0 Å². The van der Waals surface area contributed by atoms with Crippen LogP contribution in [0, 0.1) is 0 Å². The summed E-state index contributed by atoms with van der Waals surface area (Å²) in [6, 6.07) is 3.32. The highest BCUT2D eigenvalue weighted by molar-refractivity contribution is 6.00. The van der Waals surface area contributed by atoms with Crippen LogP contribution < -0.4 is 16.6 Å². The van der Waals surface area contributed by atoms with E-state index in [1.807, 2.05) is 5.43 Å². The Kier molecular flexibility index (Phi) is 4.09. The second kappa shape index (κ2) is 5.08. The number of alkyl halides is 3.